The van der Waals surface area contributed by atoms with Crippen molar-refractivity contribution < 1.29 is 9.53 Å². The van der Waals surface area contributed by atoms with Crippen LogP contribution in [0.25, 0.3) is 0 Å². The summed E-state index contributed by atoms with van der Waals surface area (Å²) >= 11 is 1.81. The Morgan fingerprint density at radius 1 is 1.47 bits per heavy atom. The fourth-order valence-corrected chi connectivity index (χ4v) is 1.95. The maximum Gasteiger partial charge on any atom is 0.326 e. The molecular formula is C11H23NO2S. The van der Waals surface area contributed by atoms with Crippen molar-refractivity contribution in [3.05, 3.63) is 0 Å². The molecule has 0 aromatic rings. The van der Waals surface area contributed by atoms with E-state index in [0.717, 1.165) is 25.1 Å². The number of likely N-dealkylation sites (N-methyl/N-ethyl adjacent to an activating group) is 1. The number of ether oxygens (including phenoxy) is 1. The Labute approximate surface area is 97.3 Å². The maximum atomic E-state index is 11.8. The van der Waals surface area contributed by atoms with Crippen LogP contribution in [-0.2, 0) is 9.53 Å². The number of carbonyl (C=O) groups excluding carboxylic acids is 1. The lowest BCUT2D eigenvalue weighted by Crippen LogP contribution is -2.50. The molecular weight excluding hydrogens is 210 g/mol. The molecule has 0 aliphatic carbocycles. The highest BCUT2D eigenvalue weighted by Gasteiger charge is 2.32. The largest absolute Gasteiger partial charge is 0.465 e. The average molecular weight is 233 g/mol. The number of hydrogen-bond donors (Lipinski definition) is 1. The van der Waals surface area contributed by atoms with Crippen molar-refractivity contribution in [3.8, 4) is 0 Å². The van der Waals surface area contributed by atoms with E-state index < -0.39 is 5.54 Å². The van der Waals surface area contributed by atoms with Crippen molar-refractivity contribution in [1.29, 1.82) is 0 Å². The lowest BCUT2D eigenvalue weighted by Gasteiger charge is -2.27. The van der Waals surface area contributed by atoms with Crippen LogP contribution in [-0.4, -0.2) is 36.7 Å². The van der Waals surface area contributed by atoms with Gasteiger partial charge in [0, 0.05) is 0 Å². The second-order valence-corrected chi connectivity index (χ2v) is 4.66. The SMILES string of the molecule is CCNC(C)(CCCSC)C(=O)OCC. The second-order valence-electron chi connectivity index (χ2n) is 3.68. The molecule has 0 fully saturated rings. The Morgan fingerprint density at radius 2 is 2.13 bits per heavy atom. The summed E-state index contributed by atoms with van der Waals surface area (Å²) < 4.78 is 5.08. The molecule has 0 aliphatic rings. The highest BCUT2D eigenvalue weighted by molar-refractivity contribution is 7.98. The molecule has 4 heteroatoms. The highest BCUT2D eigenvalue weighted by atomic mass is 32.2. The van der Waals surface area contributed by atoms with Gasteiger partial charge in [-0.05, 0) is 45.2 Å². The highest BCUT2D eigenvalue weighted by Crippen LogP contribution is 2.16. The van der Waals surface area contributed by atoms with Crippen molar-refractivity contribution in [2.24, 2.45) is 0 Å². The third kappa shape index (κ3) is 5.42. The van der Waals surface area contributed by atoms with Crippen LogP contribution in [0.2, 0.25) is 0 Å². The molecule has 0 saturated carbocycles. The van der Waals surface area contributed by atoms with E-state index >= 15 is 0 Å². The van der Waals surface area contributed by atoms with E-state index in [-0.39, 0.29) is 5.97 Å². The number of carbonyl (C=O) groups is 1. The van der Waals surface area contributed by atoms with Crippen molar-refractivity contribution in [3.63, 3.8) is 0 Å². The third-order valence-corrected chi connectivity index (χ3v) is 3.02. The Bertz CT molecular complexity index is 187. The second kappa shape index (κ2) is 7.99. The predicted octanol–water partition coefficient (Wildman–Crippen LogP) is 2.06. The van der Waals surface area contributed by atoms with E-state index in [4.69, 9.17) is 4.74 Å². The van der Waals surface area contributed by atoms with Crippen molar-refractivity contribution in [2.75, 3.05) is 25.2 Å². The van der Waals surface area contributed by atoms with Gasteiger partial charge in [0.15, 0.2) is 0 Å². The smallest absolute Gasteiger partial charge is 0.326 e. The first-order valence-electron chi connectivity index (χ1n) is 5.52. The van der Waals surface area contributed by atoms with E-state index in [1.807, 2.05) is 20.8 Å². The van der Waals surface area contributed by atoms with Crippen LogP contribution < -0.4 is 5.32 Å². The fraction of sp³-hybridized carbons (Fsp3) is 0.909. The topological polar surface area (TPSA) is 38.3 Å². The van der Waals surface area contributed by atoms with Crippen LogP contribution in [0.5, 0.6) is 0 Å². The van der Waals surface area contributed by atoms with Gasteiger partial charge in [0.2, 0.25) is 0 Å². The zero-order valence-corrected chi connectivity index (χ0v) is 11.1. The molecule has 0 rings (SSSR count). The minimum Gasteiger partial charge on any atom is -0.465 e. The van der Waals surface area contributed by atoms with Crippen LogP contribution >= 0.6 is 11.8 Å². The zero-order chi connectivity index (χ0) is 11.7. The summed E-state index contributed by atoms with van der Waals surface area (Å²) in [5.74, 6) is 0.952. The normalized spacial score (nSPS) is 14.7. The van der Waals surface area contributed by atoms with E-state index in [1.54, 1.807) is 11.8 Å². The van der Waals surface area contributed by atoms with Gasteiger partial charge >= 0.3 is 5.97 Å². The van der Waals surface area contributed by atoms with Gasteiger partial charge in [0.1, 0.15) is 5.54 Å². The first-order valence-corrected chi connectivity index (χ1v) is 6.91. The summed E-state index contributed by atoms with van der Waals surface area (Å²) in [6.45, 7) is 7.00. The Balaban J connectivity index is 4.22. The number of esters is 1. The zero-order valence-electron chi connectivity index (χ0n) is 10.3. The molecule has 0 saturated heterocycles. The van der Waals surface area contributed by atoms with Crippen LogP contribution in [0.1, 0.15) is 33.6 Å². The van der Waals surface area contributed by atoms with E-state index in [1.165, 1.54) is 0 Å². The lowest BCUT2D eigenvalue weighted by atomic mass is 9.96. The molecule has 1 atom stereocenters. The van der Waals surface area contributed by atoms with Crippen LogP contribution in [0.4, 0.5) is 0 Å². The van der Waals surface area contributed by atoms with Gasteiger partial charge in [0.05, 0.1) is 6.61 Å². The number of rotatable bonds is 8. The quantitative estimate of drug-likeness (QED) is 0.514. The molecule has 0 aromatic heterocycles. The molecule has 0 aliphatic heterocycles. The number of thioether (sulfide) groups is 1. The summed E-state index contributed by atoms with van der Waals surface area (Å²) in [6.07, 6.45) is 3.94. The summed E-state index contributed by atoms with van der Waals surface area (Å²) in [5.41, 5.74) is -0.513. The standard InChI is InChI=1S/C11H23NO2S/c1-5-12-11(3,8-7-9-15-4)10(13)14-6-2/h12H,5-9H2,1-4H3. The lowest BCUT2D eigenvalue weighted by molar-refractivity contribution is -0.150. The molecule has 0 spiro atoms. The molecule has 0 amide bonds. The third-order valence-electron chi connectivity index (χ3n) is 2.32. The van der Waals surface area contributed by atoms with Gasteiger partial charge in [-0.25, -0.2) is 0 Å². The molecule has 0 radical (unpaired) electrons. The van der Waals surface area contributed by atoms with E-state index in [2.05, 4.69) is 11.6 Å². The first kappa shape index (κ1) is 14.8. The maximum absolute atomic E-state index is 11.8. The summed E-state index contributed by atoms with van der Waals surface area (Å²) in [7, 11) is 0. The Kier molecular flexibility index (Phi) is 7.88. The monoisotopic (exact) mass is 233 g/mol. The van der Waals surface area contributed by atoms with Gasteiger partial charge in [-0.15, -0.1) is 0 Å². The summed E-state index contributed by atoms with van der Waals surface area (Å²) in [6, 6.07) is 0. The van der Waals surface area contributed by atoms with Gasteiger partial charge in [-0.1, -0.05) is 6.92 Å². The average Bonchev–Trinajstić information content (AvgIpc) is 2.19. The molecule has 3 nitrogen and oxygen atoms in total. The molecule has 90 valence electrons. The van der Waals surface area contributed by atoms with Gasteiger partial charge in [-0.3, -0.25) is 4.79 Å². The first-order chi connectivity index (χ1) is 7.10. The molecule has 0 heterocycles. The van der Waals surface area contributed by atoms with Crippen LogP contribution in [0.15, 0.2) is 0 Å². The molecule has 0 bridgehead atoms. The predicted molar refractivity (Wildman–Crippen MR) is 66.3 cm³/mol. The summed E-state index contributed by atoms with van der Waals surface area (Å²) in [4.78, 5) is 11.8. The van der Waals surface area contributed by atoms with Crippen LogP contribution in [0, 0.1) is 0 Å². The molecule has 1 N–H and O–H groups in total. The van der Waals surface area contributed by atoms with Crippen molar-refractivity contribution >= 4 is 17.7 Å². The number of nitrogens with one attached hydrogen (secondary N) is 1. The van der Waals surface area contributed by atoms with Crippen molar-refractivity contribution in [1.82, 2.24) is 5.32 Å². The number of hydrogen-bond acceptors (Lipinski definition) is 4. The minimum atomic E-state index is -0.513. The van der Waals surface area contributed by atoms with Gasteiger partial charge < -0.3 is 10.1 Å². The van der Waals surface area contributed by atoms with E-state index in [9.17, 15) is 4.79 Å². The van der Waals surface area contributed by atoms with E-state index in [0.29, 0.717) is 6.61 Å². The Morgan fingerprint density at radius 3 is 2.60 bits per heavy atom. The molecule has 1 unspecified atom stereocenters. The van der Waals surface area contributed by atoms with Crippen molar-refractivity contribution in [2.45, 2.75) is 39.2 Å². The molecule has 0 aromatic carbocycles. The van der Waals surface area contributed by atoms with Crippen LogP contribution in [0.3, 0.4) is 0 Å². The Hall–Kier alpha value is -0.220. The minimum absolute atomic E-state index is 0.132. The van der Waals surface area contributed by atoms with Gasteiger partial charge in [-0.2, -0.15) is 11.8 Å². The molecule has 15 heavy (non-hydrogen) atoms. The summed E-state index contributed by atoms with van der Waals surface area (Å²) in [5, 5.41) is 3.22. The van der Waals surface area contributed by atoms with Gasteiger partial charge in [0.25, 0.3) is 0 Å². The fourth-order valence-electron chi connectivity index (χ4n) is 1.51.